The summed E-state index contributed by atoms with van der Waals surface area (Å²) >= 11 is 1.29. The molecule has 2 heterocycles. The van der Waals surface area contributed by atoms with Gasteiger partial charge in [0.1, 0.15) is 5.82 Å². The number of benzene rings is 1. The zero-order chi connectivity index (χ0) is 18.7. The average molecular weight is 376 g/mol. The van der Waals surface area contributed by atoms with E-state index in [2.05, 4.69) is 28.9 Å². The summed E-state index contributed by atoms with van der Waals surface area (Å²) in [6.45, 7) is 8.88. The standard InChI is InChI=1S/C18H21FN4O2S/c1-4-22(5-2)8-9-23(17(24)15-10-12(3)21-25-15)18-20-14-7-6-13(19)11-16(14)26-18/h6-7,10-11H,4-5,8-9H2,1-3H3. The fourth-order valence-electron chi connectivity index (χ4n) is 2.66. The largest absolute Gasteiger partial charge is 0.351 e. The van der Waals surface area contributed by atoms with E-state index in [0.29, 0.717) is 34.1 Å². The maximum absolute atomic E-state index is 13.5. The van der Waals surface area contributed by atoms with Gasteiger partial charge in [-0.15, -0.1) is 0 Å². The van der Waals surface area contributed by atoms with Gasteiger partial charge in [0, 0.05) is 19.2 Å². The van der Waals surface area contributed by atoms with Gasteiger partial charge in [0.05, 0.1) is 15.9 Å². The quantitative estimate of drug-likeness (QED) is 0.629. The van der Waals surface area contributed by atoms with Crippen molar-refractivity contribution < 1.29 is 13.7 Å². The molecule has 26 heavy (non-hydrogen) atoms. The number of hydrogen-bond donors (Lipinski definition) is 0. The lowest BCUT2D eigenvalue weighted by atomic mass is 10.3. The molecule has 6 nitrogen and oxygen atoms in total. The molecule has 3 aromatic rings. The van der Waals surface area contributed by atoms with Crippen molar-refractivity contribution in [1.82, 2.24) is 15.0 Å². The molecular formula is C18H21FN4O2S. The fourth-order valence-corrected chi connectivity index (χ4v) is 3.68. The number of thiazole rings is 1. The van der Waals surface area contributed by atoms with Gasteiger partial charge in [-0.05, 0) is 38.2 Å². The zero-order valence-corrected chi connectivity index (χ0v) is 15.8. The number of anilines is 1. The maximum Gasteiger partial charge on any atom is 0.298 e. The molecule has 0 fully saturated rings. The lowest BCUT2D eigenvalue weighted by Crippen LogP contribution is -2.38. The highest BCUT2D eigenvalue weighted by molar-refractivity contribution is 7.22. The number of likely N-dealkylation sites (N-methyl/N-ethyl adjacent to an activating group) is 1. The summed E-state index contributed by atoms with van der Waals surface area (Å²) in [5.41, 5.74) is 1.31. The molecule has 0 saturated heterocycles. The van der Waals surface area contributed by atoms with Crippen molar-refractivity contribution in [2.75, 3.05) is 31.1 Å². The van der Waals surface area contributed by atoms with Gasteiger partial charge in [-0.2, -0.15) is 0 Å². The van der Waals surface area contributed by atoms with Crippen LogP contribution in [0.4, 0.5) is 9.52 Å². The van der Waals surface area contributed by atoms with Gasteiger partial charge >= 0.3 is 0 Å². The van der Waals surface area contributed by atoms with Crippen LogP contribution in [0.5, 0.6) is 0 Å². The summed E-state index contributed by atoms with van der Waals surface area (Å²) in [5, 5.41) is 4.32. The highest BCUT2D eigenvalue weighted by Crippen LogP contribution is 2.30. The number of rotatable bonds is 7. The lowest BCUT2D eigenvalue weighted by Gasteiger charge is -2.23. The molecule has 0 aliphatic rings. The Morgan fingerprint density at radius 3 is 2.65 bits per heavy atom. The third-order valence-corrected chi connectivity index (χ3v) is 5.23. The molecule has 2 aromatic heterocycles. The van der Waals surface area contributed by atoms with Crippen LogP contribution in [0.25, 0.3) is 10.2 Å². The maximum atomic E-state index is 13.5. The van der Waals surface area contributed by atoms with Gasteiger partial charge in [-0.1, -0.05) is 30.3 Å². The molecule has 0 aliphatic carbocycles. The van der Waals surface area contributed by atoms with Crippen molar-refractivity contribution in [1.29, 1.82) is 0 Å². The van der Waals surface area contributed by atoms with E-state index in [1.165, 1.54) is 23.5 Å². The number of fused-ring (bicyclic) bond motifs is 1. The Labute approximate surface area is 155 Å². The zero-order valence-electron chi connectivity index (χ0n) is 15.0. The molecule has 1 amide bonds. The van der Waals surface area contributed by atoms with Crippen molar-refractivity contribution in [3.8, 4) is 0 Å². The number of halogens is 1. The van der Waals surface area contributed by atoms with E-state index in [4.69, 9.17) is 4.52 Å². The van der Waals surface area contributed by atoms with E-state index in [1.54, 1.807) is 24.0 Å². The first-order valence-corrected chi connectivity index (χ1v) is 9.37. The number of aryl methyl sites for hydroxylation is 1. The Bertz CT molecular complexity index is 904. The molecule has 138 valence electrons. The second-order valence-electron chi connectivity index (χ2n) is 5.92. The second kappa shape index (κ2) is 7.92. The SMILES string of the molecule is CCN(CC)CCN(C(=O)c1cc(C)no1)c1nc2ccc(F)cc2s1. The number of hydrogen-bond acceptors (Lipinski definition) is 6. The van der Waals surface area contributed by atoms with Crippen LogP contribution in [0.1, 0.15) is 30.1 Å². The Morgan fingerprint density at radius 2 is 2.00 bits per heavy atom. The number of carbonyl (C=O) groups is 1. The smallest absolute Gasteiger partial charge is 0.298 e. The van der Waals surface area contributed by atoms with Crippen LogP contribution in [0.3, 0.4) is 0 Å². The minimum atomic E-state index is -0.320. The van der Waals surface area contributed by atoms with Crippen molar-refractivity contribution in [3.05, 3.63) is 41.5 Å². The minimum Gasteiger partial charge on any atom is -0.351 e. The summed E-state index contributed by atoms with van der Waals surface area (Å²) in [6.07, 6.45) is 0. The van der Waals surface area contributed by atoms with Crippen LogP contribution in [0.2, 0.25) is 0 Å². The Morgan fingerprint density at radius 1 is 1.23 bits per heavy atom. The summed E-state index contributed by atoms with van der Waals surface area (Å²) in [6, 6.07) is 6.03. The molecule has 0 atom stereocenters. The Hall–Kier alpha value is -2.32. The Kier molecular flexibility index (Phi) is 5.63. The molecule has 0 saturated carbocycles. The van der Waals surface area contributed by atoms with Crippen LogP contribution >= 0.6 is 11.3 Å². The minimum absolute atomic E-state index is 0.174. The molecule has 0 aliphatic heterocycles. The molecule has 0 radical (unpaired) electrons. The van der Waals surface area contributed by atoms with E-state index in [0.717, 1.165) is 13.1 Å². The lowest BCUT2D eigenvalue weighted by molar-refractivity contribution is 0.0948. The van der Waals surface area contributed by atoms with Crippen LogP contribution < -0.4 is 4.90 Å². The molecule has 8 heteroatoms. The first-order chi connectivity index (χ1) is 12.5. The van der Waals surface area contributed by atoms with Crippen LogP contribution in [0, 0.1) is 12.7 Å². The first-order valence-electron chi connectivity index (χ1n) is 8.55. The highest BCUT2D eigenvalue weighted by Gasteiger charge is 2.25. The number of nitrogens with zero attached hydrogens (tertiary/aromatic N) is 4. The van der Waals surface area contributed by atoms with Crippen molar-refractivity contribution >= 4 is 32.6 Å². The van der Waals surface area contributed by atoms with Crippen LogP contribution in [-0.2, 0) is 0 Å². The van der Waals surface area contributed by atoms with E-state index in [1.807, 2.05) is 0 Å². The number of amides is 1. The molecule has 1 aromatic carbocycles. The summed E-state index contributed by atoms with van der Waals surface area (Å²) < 4.78 is 19.3. The molecule has 0 bridgehead atoms. The van der Waals surface area contributed by atoms with Crippen LogP contribution in [-0.4, -0.2) is 47.1 Å². The summed E-state index contributed by atoms with van der Waals surface area (Å²) in [4.78, 5) is 21.3. The van der Waals surface area contributed by atoms with E-state index >= 15 is 0 Å². The number of carbonyl (C=O) groups excluding carboxylic acids is 1. The number of aromatic nitrogens is 2. The average Bonchev–Trinajstić information content (AvgIpc) is 3.24. The van der Waals surface area contributed by atoms with Crippen molar-refractivity contribution in [3.63, 3.8) is 0 Å². The summed E-state index contributed by atoms with van der Waals surface area (Å²) in [5.74, 6) is -0.440. The fraction of sp³-hybridized carbons (Fsp3) is 0.389. The third-order valence-electron chi connectivity index (χ3n) is 4.19. The molecular weight excluding hydrogens is 355 g/mol. The summed E-state index contributed by atoms with van der Waals surface area (Å²) in [7, 11) is 0. The van der Waals surface area contributed by atoms with Gasteiger partial charge in [-0.25, -0.2) is 9.37 Å². The highest BCUT2D eigenvalue weighted by atomic mass is 32.1. The monoisotopic (exact) mass is 376 g/mol. The van der Waals surface area contributed by atoms with Gasteiger partial charge in [-0.3, -0.25) is 9.69 Å². The van der Waals surface area contributed by atoms with E-state index in [-0.39, 0.29) is 17.5 Å². The van der Waals surface area contributed by atoms with Crippen LogP contribution in [0.15, 0.2) is 28.8 Å². The first kappa shape index (κ1) is 18.5. The van der Waals surface area contributed by atoms with Crippen molar-refractivity contribution in [2.24, 2.45) is 0 Å². The van der Waals surface area contributed by atoms with Crippen molar-refractivity contribution in [2.45, 2.75) is 20.8 Å². The van der Waals surface area contributed by atoms with E-state index in [9.17, 15) is 9.18 Å². The second-order valence-corrected chi connectivity index (χ2v) is 6.93. The topological polar surface area (TPSA) is 62.5 Å². The molecule has 0 unspecified atom stereocenters. The normalized spacial score (nSPS) is 11.4. The van der Waals surface area contributed by atoms with Gasteiger partial charge in [0.15, 0.2) is 5.13 Å². The van der Waals surface area contributed by atoms with E-state index < -0.39 is 0 Å². The molecule has 0 spiro atoms. The van der Waals surface area contributed by atoms with Gasteiger partial charge in [0.25, 0.3) is 5.91 Å². The Balaban J connectivity index is 1.93. The van der Waals surface area contributed by atoms with Gasteiger partial charge < -0.3 is 9.42 Å². The molecule has 3 rings (SSSR count). The predicted molar refractivity (Wildman–Crippen MR) is 100 cm³/mol. The van der Waals surface area contributed by atoms with Gasteiger partial charge in [0.2, 0.25) is 5.76 Å². The predicted octanol–water partition coefficient (Wildman–Crippen LogP) is 3.72. The third kappa shape index (κ3) is 3.91. The molecule has 0 N–H and O–H groups in total.